The van der Waals surface area contributed by atoms with Crippen molar-refractivity contribution in [2.75, 3.05) is 0 Å². The molecule has 2 heterocycles. The Kier molecular flexibility index (Phi) is 18.8. The summed E-state index contributed by atoms with van der Waals surface area (Å²) in [5.41, 5.74) is 1.54. The fourth-order valence-electron chi connectivity index (χ4n) is 2.18. The highest BCUT2D eigenvalue weighted by molar-refractivity contribution is 5.95. The van der Waals surface area contributed by atoms with Crippen molar-refractivity contribution >= 4 is 12.0 Å². The lowest BCUT2D eigenvalue weighted by Gasteiger charge is -2.03. The summed E-state index contributed by atoms with van der Waals surface area (Å²) in [5, 5.41) is 11.4. The zero-order valence-electron chi connectivity index (χ0n) is 15.8. The standard InChI is InChI=1S/C18H22N3O3.2HI.2H2O/c1-15(2)11-18(22)17-5-9-21(10-6-17)14-24-13-20-7-3-16(4-8-20)12-19-23;;;;/h3-10,12,15H,11,13-14H2,1-2H3;2*1H;2*1H2/q+1;;;;/p-1. The fraction of sp³-hybridized carbons (Fsp3) is 0.333. The van der Waals surface area contributed by atoms with E-state index < -0.39 is 0 Å². The smallest absolute Gasteiger partial charge is 0.257 e. The number of ketones is 1. The Bertz CT molecular complexity index is 695. The zero-order valence-corrected chi connectivity index (χ0v) is 20.1. The summed E-state index contributed by atoms with van der Waals surface area (Å²) < 4.78 is 9.37. The molecule has 0 bridgehead atoms. The number of Topliss-reactive ketones (excluding diaryl/α,β-unsaturated/α-hetero) is 1. The second kappa shape index (κ2) is 16.7. The molecule has 10 heteroatoms. The number of halogens is 2. The maximum atomic E-state index is 12.0. The summed E-state index contributed by atoms with van der Waals surface area (Å²) in [6, 6.07) is 7.30. The molecule has 2 rings (SSSR count). The maximum Gasteiger partial charge on any atom is 0.257 e. The lowest BCUT2D eigenvalue weighted by Crippen LogP contribution is -3.00. The number of aromatic nitrogens is 2. The van der Waals surface area contributed by atoms with Gasteiger partial charge in [-0.2, -0.15) is 9.13 Å². The molecule has 2 aromatic heterocycles. The summed E-state index contributed by atoms with van der Waals surface area (Å²) in [6.45, 7) is 4.87. The molecule has 0 unspecified atom stereocenters. The van der Waals surface area contributed by atoms with E-state index in [0.29, 0.717) is 25.8 Å². The van der Waals surface area contributed by atoms with Crippen molar-refractivity contribution in [1.82, 2.24) is 0 Å². The number of nitrogens with zero attached hydrogens (tertiary/aromatic N) is 3. The molecule has 0 aliphatic rings. The fourth-order valence-corrected chi connectivity index (χ4v) is 2.18. The van der Waals surface area contributed by atoms with Crippen molar-refractivity contribution in [3.8, 4) is 0 Å². The van der Waals surface area contributed by atoms with Gasteiger partial charge in [-0.05, 0) is 5.92 Å². The van der Waals surface area contributed by atoms with Gasteiger partial charge in [0, 0.05) is 41.8 Å². The Labute approximate surface area is 198 Å². The monoisotopic (exact) mass is 619 g/mol. The first kappa shape index (κ1) is 31.5. The minimum Gasteiger partial charge on any atom is -1.00 e. The molecule has 0 atom stereocenters. The average molecular weight is 619 g/mol. The molecule has 0 fully saturated rings. The lowest BCUT2D eigenvalue weighted by molar-refractivity contribution is -0.788. The van der Waals surface area contributed by atoms with Gasteiger partial charge in [-0.15, -0.1) is 0 Å². The van der Waals surface area contributed by atoms with Gasteiger partial charge in [-0.1, -0.05) is 19.0 Å². The van der Waals surface area contributed by atoms with Gasteiger partial charge in [-0.25, -0.2) is 0 Å². The van der Waals surface area contributed by atoms with Crippen LogP contribution in [-0.2, 0) is 18.2 Å². The number of carbonyl (C=O) groups excluding carboxylic acids is 1. The number of hydrogen-bond acceptors (Lipinski definition) is 4. The molecule has 2 aromatic rings. The van der Waals surface area contributed by atoms with Crippen molar-refractivity contribution in [2.45, 2.75) is 33.7 Å². The van der Waals surface area contributed by atoms with Gasteiger partial charge in [0.05, 0.1) is 6.21 Å². The van der Waals surface area contributed by atoms with Crippen LogP contribution in [0.1, 0.15) is 36.2 Å². The average Bonchev–Trinajstić information content (AvgIpc) is 2.57. The van der Waals surface area contributed by atoms with Crippen molar-refractivity contribution in [1.29, 1.82) is 0 Å². The van der Waals surface area contributed by atoms with E-state index in [-0.39, 0.29) is 64.7 Å². The normalized spacial score (nSPS) is 9.68. The third kappa shape index (κ3) is 10.9. The number of pyridine rings is 2. The molecule has 0 aliphatic carbocycles. The predicted molar refractivity (Wildman–Crippen MR) is 94.8 cm³/mol. The van der Waals surface area contributed by atoms with Crippen LogP contribution in [0, 0.1) is 5.92 Å². The van der Waals surface area contributed by atoms with E-state index in [1.165, 1.54) is 6.21 Å². The minimum absolute atomic E-state index is 0. The molecular formula is C18H27I2N3O5. The van der Waals surface area contributed by atoms with Crippen LogP contribution >= 0.6 is 0 Å². The number of oxime groups is 1. The van der Waals surface area contributed by atoms with Crippen LogP contribution in [0.15, 0.2) is 54.2 Å². The first-order valence-corrected chi connectivity index (χ1v) is 7.85. The van der Waals surface area contributed by atoms with E-state index in [2.05, 4.69) is 5.16 Å². The van der Waals surface area contributed by atoms with Crippen LogP contribution in [0.4, 0.5) is 0 Å². The molecule has 0 amide bonds. The molecular weight excluding hydrogens is 592 g/mol. The topological polar surface area (TPSA) is 130 Å². The third-order valence-electron chi connectivity index (χ3n) is 3.41. The Balaban J connectivity index is -0.00000156. The van der Waals surface area contributed by atoms with Gasteiger partial charge in [0.1, 0.15) is 0 Å². The Morgan fingerprint density at radius 2 is 1.50 bits per heavy atom. The molecule has 28 heavy (non-hydrogen) atoms. The number of hydrogen-bond donors (Lipinski definition) is 1. The number of carbonyl (C=O) groups is 1. The second-order valence-electron chi connectivity index (χ2n) is 5.97. The van der Waals surface area contributed by atoms with Crippen molar-refractivity contribution in [2.24, 2.45) is 11.1 Å². The SMILES string of the molecule is CC(C)CC(=O)c1cc[n+](COC[n+]2ccc(C=NO)cc2)cc1.O.O.[I-].[I-]. The van der Waals surface area contributed by atoms with E-state index >= 15 is 0 Å². The summed E-state index contributed by atoms with van der Waals surface area (Å²) >= 11 is 0. The lowest BCUT2D eigenvalue weighted by atomic mass is 10.0. The van der Waals surface area contributed by atoms with Crippen LogP contribution in [0.25, 0.3) is 0 Å². The van der Waals surface area contributed by atoms with Crippen molar-refractivity contribution in [3.63, 3.8) is 0 Å². The van der Waals surface area contributed by atoms with Crippen molar-refractivity contribution < 1.29 is 82.8 Å². The molecule has 0 saturated heterocycles. The maximum absolute atomic E-state index is 12.0. The summed E-state index contributed by atoms with van der Waals surface area (Å²) in [4.78, 5) is 12.0. The first-order valence-electron chi connectivity index (χ1n) is 7.85. The Morgan fingerprint density at radius 3 is 1.93 bits per heavy atom. The van der Waals surface area contributed by atoms with E-state index in [1.54, 1.807) is 0 Å². The highest BCUT2D eigenvalue weighted by Crippen LogP contribution is 2.07. The van der Waals surface area contributed by atoms with Gasteiger partial charge < -0.3 is 64.1 Å². The molecule has 5 N–H and O–H groups in total. The molecule has 0 aliphatic heterocycles. The molecule has 0 aromatic carbocycles. The first-order chi connectivity index (χ1) is 11.6. The minimum atomic E-state index is 0. The molecule has 158 valence electrons. The summed E-state index contributed by atoms with van der Waals surface area (Å²) in [6.07, 6.45) is 9.31. The predicted octanol–water partition coefficient (Wildman–Crippen LogP) is -5.71. The number of ether oxygens (including phenoxy) is 1. The summed E-state index contributed by atoms with van der Waals surface area (Å²) in [7, 11) is 0. The molecule has 0 radical (unpaired) electrons. The van der Waals surface area contributed by atoms with Crippen LogP contribution in [0.2, 0.25) is 0 Å². The Hall–Kier alpha value is -1.22. The van der Waals surface area contributed by atoms with E-state index in [4.69, 9.17) is 9.94 Å². The van der Waals surface area contributed by atoms with Crippen molar-refractivity contribution in [3.05, 3.63) is 60.2 Å². The largest absolute Gasteiger partial charge is 1.00 e. The van der Waals surface area contributed by atoms with E-state index in [1.807, 2.05) is 72.0 Å². The molecule has 0 spiro atoms. The quantitative estimate of drug-likeness (QED) is 0.0790. The Morgan fingerprint density at radius 1 is 1.04 bits per heavy atom. The van der Waals surface area contributed by atoms with Gasteiger partial charge in [0.2, 0.25) is 0 Å². The van der Waals surface area contributed by atoms with Crippen LogP contribution < -0.4 is 57.1 Å². The van der Waals surface area contributed by atoms with Crippen LogP contribution in [0.3, 0.4) is 0 Å². The van der Waals surface area contributed by atoms with Crippen LogP contribution in [-0.4, -0.2) is 28.2 Å². The zero-order chi connectivity index (χ0) is 17.4. The molecule has 0 saturated carbocycles. The van der Waals surface area contributed by atoms with Crippen LogP contribution in [0.5, 0.6) is 0 Å². The highest BCUT2D eigenvalue weighted by atomic mass is 127. The van der Waals surface area contributed by atoms with Gasteiger partial charge in [0.25, 0.3) is 13.5 Å². The van der Waals surface area contributed by atoms with Gasteiger partial charge >= 0.3 is 0 Å². The second-order valence-corrected chi connectivity index (χ2v) is 5.97. The highest BCUT2D eigenvalue weighted by Gasteiger charge is 2.10. The van der Waals surface area contributed by atoms with Gasteiger partial charge in [-0.3, -0.25) is 9.53 Å². The number of rotatable bonds is 8. The molecule has 8 nitrogen and oxygen atoms in total. The third-order valence-corrected chi connectivity index (χ3v) is 3.41. The van der Waals surface area contributed by atoms with E-state index in [0.717, 1.165) is 11.1 Å². The van der Waals surface area contributed by atoms with E-state index in [9.17, 15) is 4.79 Å². The van der Waals surface area contributed by atoms with Gasteiger partial charge in [0.15, 0.2) is 30.6 Å². The summed E-state index contributed by atoms with van der Waals surface area (Å²) in [5.74, 6) is 0.528.